The molecular formula is C29H34FN6O+. The van der Waals surface area contributed by atoms with Crippen LogP contribution in [0.2, 0.25) is 0 Å². The lowest BCUT2D eigenvalue weighted by Crippen LogP contribution is -2.32. The van der Waals surface area contributed by atoms with E-state index in [1.54, 1.807) is 24.5 Å². The minimum Gasteiger partial charge on any atom is -0.369 e. The van der Waals surface area contributed by atoms with Gasteiger partial charge in [0.15, 0.2) is 0 Å². The van der Waals surface area contributed by atoms with Crippen LogP contribution in [0.4, 0.5) is 9.18 Å². The number of primary amides is 1. The zero-order valence-corrected chi connectivity index (χ0v) is 21.5. The van der Waals surface area contributed by atoms with Gasteiger partial charge in [0, 0.05) is 36.0 Å². The summed E-state index contributed by atoms with van der Waals surface area (Å²) in [6.45, 7) is 15.1. The second kappa shape index (κ2) is 10.9. The molecule has 0 unspecified atom stereocenters. The van der Waals surface area contributed by atoms with E-state index in [1.165, 1.54) is 23.3 Å². The summed E-state index contributed by atoms with van der Waals surface area (Å²) in [6.07, 6.45) is 5.29. The van der Waals surface area contributed by atoms with Crippen LogP contribution in [0.15, 0.2) is 66.4 Å². The zero-order valence-electron chi connectivity index (χ0n) is 21.5. The van der Waals surface area contributed by atoms with E-state index in [0.29, 0.717) is 0 Å². The largest absolute Gasteiger partial charge is 0.418 e. The molecule has 3 aromatic rings. The van der Waals surface area contributed by atoms with Crippen molar-refractivity contribution in [2.75, 3.05) is 26.2 Å². The van der Waals surface area contributed by atoms with Crippen LogP contribution >= 0.6 is 0 Å². The third kappa shape index (κ3) is 5.24. The minimum atomic E-state index is -0.292. The average Bonchev–Trinajstić information content (AvgIpc) is 3.55. The maximum Gasteiger partial charge on any atom is 0.418 e. The molecule has 0 saturated carbocycles. The van der Waals surface area contributed by atoms with Crippen molar-refractivity contribution < 1.29 is 13.7 Å². The number of quaternary nitrogens is 1. The highest BCUT2D eigenvalue weighted by Gasteiger charge is 2.46. The van der Waals surface area contributed by atoms with Crippen molar-refractivity contribution >= 4 is 24.1 Å². The standard InChI is InChI=1S/C24H25FN4.C5H8N2O/c1-4-16-14-18-11-13-29(5-2)24(21(18)15-20(16)22-10-12-27-28-22)23(26-3)17-6-8-19(25)9-7-17;1-2-7(3-4-7)5(6)8/h6-10,12,14-15H,3-5,11,13H2,1-2H3,(H,27,28);2H,1,3-4H2,(H-,6,8)/p+1/b24-23-;. The summed E-state index contributed by atoms with van der Waals surface area (Å²) >= 11 is 0. The number of aromatic nitrogens is 2. The van der Waals surface area contributed by atoms with Crippen molar-refractivity contribution in [3.05, 3.63) is 89.5 Å². The van der Waals surface area contributed by atoms with Gasteiger partial charge in [-0.05, 0) is 80.6 Å². The lowest BCUT2D eigenvalue weighted by Gasteiger charge is -2.34. The first-order valence-electron chi connectivity index (χ1n) is 12.6. The number of carbonyl (C=O) groups is 1. The predicted octanol–water partition coefficient (Wildman–Crippen LogP) is 5.22. The van der Waals surface area contributed by atoms with Gasteiger partial charge in [-0.2, -0.15) is 5.10 Å². The van der Waals surface area contributed by atoms with Gasteiger partial charge in [0.05, 0.1) is 23.3 Å². The Morgan fingerprint density at radius 2 is 1.95 bits per heavy atom. The highest BCUT2D eigenvalue weighted by molar-refractivity contribution is 5.93. The first kappa shape index (κ1) is 26.0. The molecule has 8 heteroatoms. The molecule has 2 amide bonds. The van der Waals surface area contributed by atoms with E-state index in [-0.39, 0.29) is 16.3 Å². The molecule has 3 heterocycles. The number of fused-ring (bicyclic) bond motifs is 1. The minimum absolute atomic E-state index is 0.257. The second-order valence-electron chi connectivity index (χ2n) is 9.18. The van der Waals surface area contributed by atoms with Crippen LogP contribution in [0.1, 0.15) is 36.1 Å². The predicted molar refractivity (Wildman–Crippen MR) is 147 cm³/mol. The summed E-state index contributed by atoms with van der Waals surface area (Å²) < 4.78 is 13.8. The zero-order chi connectivity index (χ0) is 26.6. The number of benzene rings is 2. The number of carbonyl (C=O) groups excluding carboxylic acids is 1. The van der Waals surface area contributed by atoms with Gasteiger partial charge in [-0.3, -0.25) is 10.1 Å². The monoisotopic (exact) mass is 501 g/mol. The van der Waals surface area contributed by atoms with Crippen LogP contribution in [-0.4, -0.2) is 58.5 Å². The molecule has 1 fully saturated rings. The van der Waals surface area contributed by atoms with Gasteiger partial charge >= 0.3 is 6.03 Å². The Labute approximate surface area is 217 Å². The molecule has 0 spiro atoms. The highest BCUT2D eigenvalue weighted by Crippen LogP contribution is 2.39. The molecule has 0 aliphatic carbocycles. The molecule has 0 bridgehead atoms. The number of nitrogens with one attached hydrogen (secondary N) is 1. The number of aliphatic imine (C=N–C) groups is 1. The second-order valence-corrected chi connectivity index (χ2v) is 9.18. The Bertz CT molecular complexity index is 1320. The maximum absolute atomic E-state index is 13.5. The number of nitrogens with zero attached hydrogens (tertiary/aromatic N) is 4. The Balaban J connectivity index is 0.000000342. The van der Waals surface area contributed by atoms with E-state index in [0.717, 1.165) is 72.8 Å². The van der Waals surface area contributed by atoms with Crippen molar-refractivity contribution in [1.82, 2.24) is 15.1 Å². The quantitative estimate of drug-likeness (QED) is 0.276. The molecule has 0 atom stereocenters. The summed E-state index contributed by atoms with van der Waals surface area (Å²) in [6, 6.07) is 12.7. The molecule has 1 aromatic heterocycles. The van der Waals surface area contributed by atoms with E-state index in [1.807, 2.05) is 6.07 Å². The third-order valence-corrected chi connectivity index (χ3v) is 7.10. The average molecular weight is 502 g/mol. The number of rotatable bonds is 6. The fourth-order valence-electron chi connectivity index (χ4n) is 4.71. The molecule has 37 heavy (non-hydrogen) atoms. The molecule has 0 radical (unpaired) electrons. The van der Waals surface area contributed by atoms with Crippen molar-refractivity contribution in [1.29, 1.82) is 0 Å². The van der Waals surface area contributed by atoms with Crippen molar-refractivity contribution in [2.24, 2.45) is 10.7 Å². The first-order valence-corrected chi connectivity index (χ1v) is 12.6. The van der Waals surface area contributed by atoms with Crippen molar-refractivity contribution in [3.63, 3.8) is 0 Å². The van der Waals surface area contributed by atoms with Crippen LogP contribution in [0.25, 0.3) is 22.7 Å². The Morgan fingerprint density at radius 3 is 2.43 bits per heavy atom. The number of aromatic amines is 1. The number of nitrogens with two attached hydrogens (primary N) is 1. The van der Waals surface area contributed by atoms with E-state index in [4.69, 9.17) is 5.73 Å². The van der Waals surface area contributed by atoms with Gasteiger partial charge < -0.3 is 10.6 Å². The molecule has 1 saturated heterocycles. The van der Waals surface area contributed by atoms with E-state index < -0.39 is 0 Å². The molecular weight excluding hydrogens is 467 g/mol. The van der Waals surface area contributed by atoms with Crippen LogP contribution in [0, 0.1) is 5.82 Å². The molecule has 2 aromatic carbocycles. The third-order valence-electron chi connectivity index (χ3n) is 7.10. The number of likely N-dealkylation sites (N-methyl/N-ethyl adjacent to an activating group) is 1. The van der Waals surface area contributed by atoms with Crippen molar-refractivity contribution in [2.45, 2.75) is 26.7 Å². The fourth-order valence-corrected chi connectivity index (χ4v) is 4.71. The van der Waals surface area contributed by atoms with Crippen molar-refractivity contribution in [3.8, 4) is 11.3 Å². The summed E-state index contributed by atoms with van der Waals surface area (Å²) in [7, 11) is 0. The number of hydrogen-bond donors (Lipinski definition) is 2. The Morgan fingerprint density at radius 1 is 1.22 bits per heavy atom. The smallest absolute Gasteiger partial charge is 0.369 e. The van der Waals surface area contributed by atoms with E-state index in [9.17, 15) is 9.18 Å². The maximum atomic E-state index is 13.5. The van der Waals surface area contributed by atoms with Gasteiger partial charge in [-0.1, -0.05) is 13.0 Å². The molecule has 192 valence electrons. The molecule has 7 nitrogen and oxygen atoms in total. The summed E-state index contributed by atoms with van der Waals surface area (Å²) in [5.41, 5.74) is 13.6. The van der Waals surface area contributed by atoms with E-state index in [2.05, 4.69) is 59.4 Å². The lowest BCUT2D eigenvalue weighted by molar-refractivity contribution is -0.648. The fraction of sp³-hybridized carbons (Fsp3) is 0.276. The Hall–Kier alpha value is -4.04. The van der Waals surface area contributed by atoms with Gasteiger partial charge in [-0.15, -0.1) is 0 Å². The van der Waals surface area contributed by atoms with Crippen LogP contribution in [0.3, 0.4) is 0 Å². The number of halogens is 1. The summed E-state index contributed by atoms with van der Waals surface area (Å²) in [4.78, 5) is 17.2. The van der Waals surface area contributed by atoms with Gasteiger partial charge in [-0.25, -0.2) is 13.7 Å². The first-order chi connectivity index (χ1) is 17.9. The summed E-state index contributed by atoms with van der Waals surface area (Å²) in [5.74, 6) is -0.257. The van der Waals surface area contributed by atoms with Gasteiger partial charge in [0.25, 0.3) is 0 Å². The number of urea groups is 1. The molecule has 5 rings (SSSR count). The highest BCUT2D eigenvalue weighted by atomic mass is 19.1. The molecule has 3 N–H and O–H groups in total. The van der Waals surface area contributed by atoms with Crippen LogP contribution < -0.4 is 5.73 Å². The van der Waals surface area contributed by atoms with Crippen LogP contribution in [0.5, 0.6) is 0 Å². The van der Waals surface area contributed by atoms with Crippen LogP contribution in [-0.2, 0) is 12.8 Å². The van der Waals surface area contributed by atoms with Gasteiger partial charge in [0.1, 0.15) is 18.9 Å². The molecule has 2 aliphatic heterocycles. The molecule has 2 aliphatic rings. The number of hydrogen-bond acceptors (Lipinski definition) is 4. The normalized spacial score (nSPS) is 16.7. The lowest BCUT2D eigenvalue weighted by atomic mass is 9.88. The van der Waals surface area contributed by atoms with E-state index >= 15 is 0 Å². The number of H-pyrrole nitrogens is 1. The summed E-state index contributed by atoms with van der Waals surface area (Å²) in [5, 5.41) is 7.23. The Kier molecular flexibility index (Phi) is 7.69. The number of amides is 2. The number of aryl methyl sites for hydroxylation is 1. The SMILES string of the molecule is C=C[N+]1(C(N)=O)CC1.C=N/C(=C1/c2cc(-c3ccn[nH]3)c(CC)cc2CCN1CC)c1ccc(F)cc1. The topological polar surface area (TPSA) is 87.4 Å². The van der Waals surface area contributed by atoms with Gasteiger partial charge in [0.2, 0.25) is 0 Å².